The zero-order valence-electron chi connectivity index (χ0n) is 16.1. The Labute approximate surface area is 159 Å². The van der Waals surface area contributed by atoms with Gasteiger partial charge in [-0.25, -0.2) is 18.1 Å². The van der Waals surface area contributed by atoms with Crippen molar-refractivity contribution in [3.8, 4) is 0 Å². The molecule has 2 fully saturated rings. The van der Waals surface area contributed by atoms with E-state index in [4.69, 9.17) is 4.98 Å². The second-order valence-electron chi connectivity index (χ2n) is 7.94. The molecule has 0 N–H and O–H groups in total. The Bertz CT molecular complexity index is 992. The van der Waals surface area contributed by atoms with Crippen LogP contribution in [0.15, 0.2) is 12.3 Å². The van der Waals surface area contributed by atoms with E-state index in [9.17, 15) is 13.2 Å². The first-order valence-corrected chi connectivity index (χ1v) is 11.5. The van der Waals surface area contributed by atoms with Crippen molar-refractivity contribution in [2.75, 3.05) is 18.1 Å². The smallest absolute Gasteiger partial charge is 0.254 e. The lowest BCUT2D eigenvalue weighted by atomic mass is 10.1. The lowest BCUT2D eigenvalue weighted by Crippen LogP contribution is -2.41. The molecule has 0 spiro atoms. The first-order chi connectivity index (χ1) is 12.8. The van der Waals surface area contributed by atoms with E-state index in [1.165, 1.54) is 0 Å². The Morgan fingerprint density at radius 2 is 2.07 bits per heavy atom. The molecule has 4 rings (SSSR count). The molecule has 2 aromatic rings. The van der Waals surface area contributed by atoms with Crippen molar-refractivity contribution in [3.63, 3.8) is 0 Å². The number of hydrogen-bond donors (Lipinski definition) is 0. The van der Waals surface area contributed by atoms with Crippen molar-refractivity contribution in [2.24, 2.45) is 0 Å². The van der Waals surface area contributed by atoms with Gasteiger partial charge in [0.05, 0.1) is 28.7 Å². The third-order valence-electron chi connectivity index (χ3n) is 5.55. The Hall–Kier alpha value is -1.96. The molecule has 1 saturated heterocycles. The van der Waals surface area contributed by atoms with Crippen molar-refractivity contribution in [3.05, 3.63) is 23.5 Å². The van der Waals surface area contributed by atoms with Crippen LogP contribution in [0.2, 0.25) is 0 Å². The highest BCUT2D eigenvalue weighted by Gasteiger charge is 2.36. The number of amides is 1. The third kappa shape index (κ3) is 3.35. The quantitative estimate of drug-likeness (QED) is 0.783. The SMILES string of the molecule is CCN(C(=O)c1cc(C2CC2)nc2c1cnn2C(C)C)[C@@H]1CCS(=O)(=O)C1. The van der Waals surface area contributed by atoms with Gasteiger partial charge in [-0.05, 0) is 46.1 Å². The maximum Gasteiger partial charge on any atom is 0.254 e. The van der Waals surface area contributed by atoms with Crippen LogP contribution in [0, 0.1) is 0 Å². The van der Waals surface area contributed by atoms with Crippen LogP contribution in [0.1, 0.15) is 68.0 Å². The number of carbonyl (C=O) groups is 1. The number of nitrogens with zero attached hydrogens (tertiary/aromatic N) is 4. The van der Waals surface area contributed by atoms with Crippen LogP contribution in [0.3, 0.4) is 0 Å². The summed E-state index contributed by atoms with van der Waals surface area (Å²) < 4.78 is 25.7. The normalized spacial score (nSPS) is 21.9. The third-order valence-corrected chi connectivity index (χ3v) is 7.30. The van der Waals surface area contributed by atoms with Crippen molar-refractivity contribution in [1.29, 1.82) is 0 Å². The largest absolute Gasteiger partial charge is 0.335 e. The Morgan fingerprint density at radius 1 is 1.33 bits per heavy atom. The second kappa shape index (κ2) is 6.58. The van der Waals surface area contributed by atoms with Gasteiger partial charge in [-0.15, -0.1) is 0 Å². The van der Waals surface area contributed by atoms with Crippen molar-refractivity contribution in [1.82, 2.24) is 19.7 Å². The summed E-state index contributed by atoms with van der Waals surface area (Å²) in [4.78, 5) is 19.9. The molecule has 27 heavy (non-hydrogen) atoms. The molecule has 0 aromatic carbocycles. The minimum Gasteiger partial charge on any atom is -0.335 e. The van der Waals surface area contributed by atoms with Crippen LogP contribution in [-0.2, 0) is 9.84 Å². The van der Waals surface area contributed by atoms with Crippen molar-refractivity contribution in [2.45, 2.75) is 58.0 Å². The molecule has 0 unspecified atom stereocenters. The fraction of sp³-hybridized carbons (Fsp3) is 0.632. The monoisotopic (exact) mass is 390 g/mol. The highest BCUT2D eigenvalue weighted by molar-refractivity contribution is 7.91. The van der Waals surface area contributed by atoms with E-state index in [0.717, 1.165) is 29.6 Å². The Balaban J connectivity index is 1.78. The first-order valence-electron chi connectivity index (χ1n) is 9.70. The number of carbonyl (C=O) groups excluding carboxylic acids is 1. The number of rotatable bonds is 5. The highest BCUT2D eigenvalue weighted by atomic mass is 32.2. The molecular weight excluding hydrogens is 364 g/mol. The van der Waals surface area contributed by atoms with E-state index in [1.54, 1.807) is 11.1 Å². The van der Waals surface area contributed by atoms with Gasteiger partial charge in [-0.2, -0.15) is 5.10 Å². The summed E-state index contributed by atoms with van der Waals surface area (Å²) in [6.07, 6.45) is 4.42. The zero-order valence-corrected chi connectivity index (χ0v) is 16.9. The lowest BCUT2D eigenvalue weighted by Gasteiger charge is -2.27. The second-order valence-corrected chi connectivity index (χ2v) is 10.2. The fourth-order valence-corrected chi connectivity index (χ4v) is 5.65. The fourth-order valence-electron chi connectivity index (χ4n) is 3.92. The van der Waals surface area contributed by atoms with Gasteiger partial charge in [0.15, 0.2) is 15.5 Å². The van der Waals surface area contributed by atoms with Crippen LogP contribution in [0.25, 0.3) is 11.0 Å². The molecule has 1 amide bonds. The first kappa shape index (κ1) is 18.4. The average Bonchev–Trinajstić information content (AvgIpc) is 3.28. The van der Waals surface area contributed by atoms with Gasteiger partial charge < -0.3 is 4.90 Å². The molecule has 0 bridgehead atoms. The van der Waals surface area contributed by atoms with Crippen molar-refractivity contribution < 1.29 is 13.2 Å². The molecule has 3 heterocycles. The highest BCUT2D eigenvalue weighted by Crippen LogP contribution is 2.40. The molecular formula is C19H26N4O3S. The molecule has 7 nitrogen and oxygen atoms in total. The van der Waals surface area contributed by atoms with Crippen LogP contribution < -0.4 is 0 Å². The number of sulfone groups is 1. The van der Waals surface area contributed by atoms with Gasteiger partial charge in [-0.3, -0.25) is 4.79 Å². The molecule has 2 aromatic heterocycles. The summed E-state index contributed by atoms with van der Waals surface area (Å²) in [6, 6.07) is 1.80. The molecule has 146 valence electrons. The summed E-state index contributed by atoms with van der Waals surface area (Å²) in [5.41, 5.74) is 2.29. The minimum absolute atomic E-state index is 0.0571. The van der Waals surface area contributed by atoms with Crippen LogP contribution in [-0.4, -0.2) is 58.1 Å². The van der Waals surface area contributed by atoms with E-state index in [1.807, 2.05) is 31.5 Å². The number of fused-ring (bicyclic) bond motifs is 1. The Kier molecular flexibility index (Phi) is 4.49. The standard InChI is InChI=1S/C19H26N4O3S/c1-4-22(14-7-8-27(25,26)11-14)19(24)15-9-17(13-5-6-13)21-18-16(15)10-20-23(18)12(2)3/h9-10,12-14H,4-8,11H2,1-3H3/t14-/m1/s1. The van der Waals surface area contributed by atoms with Gasteiger partial charge in [-0.1, -0.05) is 0 Å². The van der Waals surface area contributed by atoms with Gasteiger partial charge in [0.25, 0.3) is 5.91 Å². The average molecular weight is 391 g/mol. The minimum atomic E-state index is -3.05. The molecule has 1 aliphatic heterocycles. The molecule has 1 saturated carbocycles. The van der Waals surface area contributed by atoms with Crippen LogP contribution >= 0.6 is 0 Å². The number of aromatic nitrogens is 3. The summed E-state index contributed by atoms with van der Waals surface area (Å²) in [5.74, 6) is 0.517. The molecule has 2 aliphatic rings. The summed E-state index contributed by atoms with van der Waals surface area (Å²) in [6.45, 7) is 6.47. The van der Waals surface area contributed by atoms with E-state index in [2.05, 4.69) is 5.10 Å². The van der Waals surface area contributed by atoms with Gasteiger partial charge >= 0.3 is 0 Å². The predicted octanol–water partition coefficient (Wildman–Crippen LogP) is 2.54. The van der Waals surface area contributed by atoms with Gasteiger partial charge in [0, 0.05) is 30.2 Å². The van der Waals surface area contributed by atoms with Crippen LogP contribution in [0.4, 0.5) is 0 Å². The van der Waals surface area contributed by atoms with Gasteiger partial charge in [0.2, 0.25) is 0 Å². The van der Waals surface area contributed by atoms with E-state index < -0.39 is 9.84 Å². The molecule has 1 aliphatic carbocycles. The van der Waals surface area contributed by atoms with Crippen LogP contribution in [0.5, 0.6) is 0 Å². The summed E-state index contributed by atoms with van der Waals surface area (Å²) >= 11 is 0. The van der Waals surface area contributed by atoms with E-state index in [-0.39, 0.29) is 29.5 Å². The zero-order chi connectivity index (χ0) is 19.3. The molecule has 0 radical (unpaired) electrons. The van der Waals surface area contributed by atoms with E-state index in [0.29, 0.717) is 24.4 Å². The number of hydrogen-bond acceptors (Lipinski definition) is 5. The predicted molar refractivity (Wildman–Crippen MR) is 104 cm³/mol. The maximum atomic E-state index is 13.4. The lowest BCUT2D eigenvalue weighted by molar-refractivity contribution is 0.0710. The van der Waals surface area contributed by atoms with E-state index >= 15 is 0 Å². The topological polar surface area (TPSA) is 85.2 Å². The number of pyridine rings is 1. The molecule has 1 atom stereocenters. The maximum absolute atomic E-state index is 13.4. The summed E-state index contributed by atoms with van der Waals surface area (Å²) in [7, 11) is -3.05. The van der Waals surface area contributed by atoms with Crippen molar-refractivity contribution >= 4 is 26.8 Å². The Morgan fingerprint density at radius 3 is 2.63 bits per heavy atom. The van der Waals surface area contributed by atoms with Gasteiger partial charge in [0.1, 0.15) is 0 Å². The summed E-state index contributed by atoms with van der Waals surface area (Å²) in [5, 5.41) is 5.20. The molecule has 8 heteroatoms.